The van der Waals surface area contributed by atoms with Crippen LogP contribution in [0.2, 0.25) is 0 Å². The lowest BCUT2D eigenvalue weighted by atomic mass is 10.0. The van der Waals surface area contributed by atoms with Crippen molar-refractivity contribution in [1.29, 1.82) is 0 Å². The first kappa shape index (κ1) is 14.6. The van der Waals surface area contributed by atoms with Crippen molar-refractivity contribution in [2.75, 3.05) is 13.2 Å². The summed E-state index contributed by atoms with van der Waals surface area (Å²) in [5.74, 6) is 0.664. The number of likely N-dealkylation sites (tertiary alicyclic amines) is 1. The summed E-state index contributed by atoms with van der Waals surface area (Å²) >= 11 is 1.43. The average Bonchev–Trinajstić information content (AvgIpc) is 3.24. The van der Waals surface area contributed by atoms with Gasteiger partial charge in [0.05, 0.1) is 24.3 Å². The number of hydrogen-bond acceptors (Lipinski definition) is 6. The van der Waals surface area contributed by atoms with Crippen LogP contribution in [0, 0.1) is 0 Å². The second kappa shape index (κ2) is 6.25. The zero-order chi connectivity index (χ0) is 15.6. The molecule has 4 rings (SSSR count). The van der Waals surface area contributed by atoms with Crippen molar-refractivity contribution in [2.24, 2.45) is 0 Å². The molecule has 2 saturated heterocycles. The number of pyridine rings is 1. The van der Waals surface area contributed by atoms with Crippen LogP contribution < -0.4 is 4.74 Å². The molecule has 120 valence electrons. The molecule has 0 radical (unpaired) electrons. The SMILES string of the molecule is O=C(c1cscn1)N1C[C@@H](Oc2cccnc2)[C@@H]2OCCC[C@@H]21. The van der Waals surface area contributed by atoms with E-state index in [9.17, 15) is 4.79 Å². The minimum absolute atomic E-state index is 0.0379. The van der Waals surface area contributed by atoms with Gasteiger partial charge in [-0.1, -0.05) is 0 Å². The highest BCUT2D eigenvalue weighted by Gasteiger charge is 2.47. The Morgan fingerprint density at radius 2 is 2.43 bits per heavy atom. The van der Waals surface area contributed by atoms with Crippen molar-refractivity contribution < 1.29 is 14.3 Å². The van der Waals surface area contributed by atoms with E-state index in [4.69, 9.17) is 9.47 Å². The standard InChI is InChI=1S/C16H17N3O3S/c20-16(12-9-23-10-18-12)19-8-14(15-13(19)4-2-6-21-15)22-11-3-1-5-17-7-11/h1,3,5,7,9-10,13-15H,2,4,6,8H2/t13-,14+,15+/m0/s1. The smallest absolute Gasteiger partial charge is 0.273 e. The fourth-order valence-electron chi connectivity index (χ4n) is 3.30. The lowest BCUT2D eigenvalue weighted by Crippen LogP contribution is -2.44. The summed E-state index contributed by atoms with van der Waals surface area (Å²) in [6, 6.07) is 3.76. The maximum absolute atomic E-state index is 12.7. The number of amides is 1. The van der Waals surface area contributed by atoms with Crippen molar-refractivity contribution >= 4 is 17.2 Å². The Labute approximate surface area is 138 Å². The Kier molecular flexibility index (Phi) is 3.97. The van der Waals surface area contributed by atoms with Gasteiger partial charge in [0.25, 0.3) is 5.91 Å². The molecule has 1 amide bonds. The molecule has 0 aliphatic carbocycles. The lowest BCUT2D eigenvalue weighted by molar-refractivity contribution is -0.0447. The Morgan fingerprint density at radius 1 is 1.48 bits per heavy atom. The summed E-state index contributed by atoms with van der Waals surface area (Å²) in [5.41, 5.74) is 2.18. The molecule has 0 unspecified atom stereocenters. The van der Waals surface area contributed by atoms with E-state index in [2.05, 4.69) is 9.97 Å². The number of aromatic nitrogens is 2. The van der Waals surface area contributed by atoms with E-state index in [1.165, 1.54) is 11.3 Å². The molecule has 0 N–H and O–H groups in total. The van der Waals surface area contributed by atoms with Gasteiger partial charge in [0.15, 0.2) is 0 Å². The van der Waals surface area contributed by atoms with Gasteiger partial charge < -0.3 is 14.4 Å². The highest BCUT2D eigenvalue weighted by molar-refractivity contribution is 7.07. The maximum atomic E-state index is 12.7. The number of ether oxygens (including phenoxy) is 2. The van der Waals surface area contributed by atoms with E-state index in [0.29, 0.717) is 24.6 Å². The summed E-state index contributed by atoms with van der Waals surface area (Å²) in [5, 5.41) is 1.79. The molecule has 2 aliphatic heterocycles. The highest BCUT2D eigenvalue weighted by atomic mass is 32.1. The highest BCUT2D eigenvalue weighted by Crippen LogP contribution is 2.32. The summed E-state index contributed by atoms with van der Waals surface area (Å²) in [6.07, 6.45) is 5.02. The minimum atomic E-state index is -0.174. The van der Waals surface area contributed by atoms with Crippen LogP contribution in [0.5, 0.6) is 5.75 Å². The first-order valence-electron chi connectivity index (χ1n) is 7.70. The predicted molar refractivity (Wildman–Crippen MR) is 84.6 cm³/mol. The van der Waals surface area contributed by atoms with Crippen LogP contribution in [0.3, 0.4) is 0 Å². The van der Waals surface area contributed by atoms with Gasteiger partial charge in [-0.3, -0.25) is 9.78 Å². The Bertz CT molecular complexity index is 664. The van der Waals surface area contributed by atoms with E-state index in [1.807, 2.05) is 17.0 Å². The molecule has 0 bridgehead atoms. The van der Waals surface area contributed by atoms with Gasteiger partial charge >= 0.3 is 0 Å². The predicted octanol–water partition coefficient (Wildman–Crippen LogP) is 1.99. The average molecular weight is 331 g/mol. The van der Waals surface area contributed by atoms with Crippen LogP contribution in [0.1, 0.15) is 23.3 Å². The Balaban J connectivity index is 1.56. The molecular weight excluding hydrogens is 314 g/mol. The van der Waals surface area contributed by atoms with Gasteiger partial charge in [0.2, 0.25) is 0 Å². The van der Waals surface area contributed by atoms with Gasteiger partial charge in [-0.2, -0.15) is 0 Å². The summed E-state index contributed by atoms with van der Waals surface area (Å²) in [4.78, 5) is 22.8. The second-order valence-corrected chi connectivity index (χ2v) is 6.44. The molecule has 0 spiro atoms. The Hall–Kier alpha value is -1.99. The largest absolute Gasteiger partial charge is 0.484 e. The number of carbonyl (C=O) groups excluding carboxylic acids is 1. The Morgan fingerprint density at radius 3 is 3.22 bits per heavy atom. The molecule has 0 saturated carbocycles. The summed E-state index contributed by atoms with van der Waals surface area (Å²) < 4.78 is 12.0. The van der Waals surface area contributed by atoms with Crippen LogP contribution in [-0.2, 0) is 4.74 Å². The van der Waals surface area contributed by atoms with E-state index in [1.54, 1.807) is 23.3 Å². The van der Waals surface area contributed by atoms with Crippen molar-refractivity contribution in [3.05, 3.63) is 41.1 Å². The topological polar surface area (TPSA) is 64.6 Å². The molecular formula is C16H17N3O3S. The van der Waals surface area contributed by atoms with Crippen LogP contribution >= 0.6 is 11.3 Å². The van der Waals surface area contributed by atoms with Gasteiger partial charge in [-0.15, -0.1) is 11.3 Å². The number of thiazole rings is 1. The van der Waals surface area contributed by atoms with Gasteiger partial charge in [0, 0.05) is 18.2 Å². The quantitative estimate of drug-likeness (QED) is 0.860. The van der Waals surface area contributed by atoms with Crippen molar-refractivity contribution in [2.45, 2.75) is 31.1 Å². The van der Waals surface area contributed by atoms with E-state index in [0.717, 1.165) is 12.8 Å². The number of rotatable bonds is 3. The molecule has 2 aliphatic rings. The number of fused-ring (bicyclic) bond motifs is 1. The van der Waals surface area contributed by atoms with Crippen molar-refractivity contribution in [3.63, 3.8) is 0 Å². The number of carbonyl (C=O) groups is 1. The van der Waals surface area contributed by atoms with Crippen LogP contribution in [-0.4, -0.2) is 52.2 Å². The molecule has 3 atom stereocenters. The van der Waals surface area contributed by atoms with E-state index >= 15 is 0 Å². The molecule has 2 fully saturated rings. The summed E-state index contributed by atoms with van der Waals surface area (Å²) in [7, 11) is 0. The normalized spacial score (nSPS) is 26.8. The molecule has 2 aromatic rings. The fourth-order valence-corrected chi connectivity index (χ4v) is 3.83. The zero-order valence-corrected chi connectivity index (χ0v) is 13.3. The van der Waals surface area contributed by atoms with Gasteiger partial charge in [-0.25, -0.2) is 4.98 Å². The number of hydrogen-bond donors (Lipinski definition) is 0. The fraction of sp³-hybridized carbons (Fsp3) is 0.438. The third-order valence-corrected chi connectivity index (χ3v) is 4.90. The molecule has 4 heterocycles. The molecule has 0 aromatic carbocycles. The van der Waals surface area contributed by atoms with E-state index < -0.39 is 0 Å². The van der Waals surface area contributed by atoms with Crippen molar-refractivity contribution in [1.82, 2.24) is 14.9 Å². The lowest BCUT2D eigenvalue weighted by Gasteiger charge is -2.31. The van der Waals surface area contributed by atoms with Crippen LogP contribution in [0.25, 0.3) is 0 Å². The first-order valence-corrected chi connectivity index (χ1v) is 8.64. The van der Waals surface area contributed by atoms with Crippen molar-refractivity contribution in [3.8, 4) is 5.75 Å². The molecule has 2 aromatic heterocycles. The maximum Gasteiger partial charge on any atom is 0.273 e. The number of nitrogens with zero attached hydrogens (tertiary/aromatic N) is 3. The molecule has 23 heavy (non-hydrogen) atoms. The second-order valence-electron chi connectivity index (χ2n) is 5.72. The third kappa shape index (κ3) is 2.82. The third-order valence-electron chi connectivity index (χ3n) is 4.31. The van der Waals surface area contributed by atoms with E-state index in [-0.39, 0.29) is 24.2 Å². The first-order chi connectivity index (χ1) is 11.3. The zero-order valence-electron chi connectivity index (χ0n) is 12.5. The minimum Gasteiger partial charge on any atom is -0.484 e. The van der Waals surface area contributed by atoms with Gasteiger partial charge in [-0.05, 0) is 25.0 Å². The van der Waals surface area contributed by atoms with Gasteiger partial charge in [0.1, 0.15) is 23.7 Å². The molecule has 6 nitrogen and oxygen atoms in total. The summed E-state index contributed by atoms with van der Waals surface area (Å²) in [6.45, 7) is 1.23. The molecule has 7 heteroatoms. The van der Waals surface area contributed by atoms with Crippen LogP contribution in [0.4, 0.5) is 0 Å². The van der Waals surface area contributed by atoms with Crippen LogP contribution in [0.15, 0.2) is 35.4 Å². The monoisotopic (exact) mass is 331 g/mol.